The van der Waals surface area contributed by atoms with E-state index in [1.165, 1.54) is 0 Å². The van der Waals surface area contributed by atoms with Gasteiger partial charge in [0.15, 0.2) is 5.03 Å². The molecule has 0 radical (unpaired) electrons. The lowest BCUT2D eigenvalue weighted by atomic mass is 10.2. The Morgan fingerprint density at radius 3 is 2.57 bits per heavy atom. The van der Waals surface area contributed by atoms with Gasteiger partial charge < -0.3 is 10.2 Å². The Bertz CT molecular complexity index is 204. The third kappa shape index (κ3) is 6.22. The summed E-state index contributed by atoms with van der Waals surface area (Å²) in [4.78, 5) is 11.7. The normalized spacial score (nSPS) is 11.2. The minimum atomic E-state index is -0.692. The molecule has 0 amide bonds. The van der Waals surface area contributed by atoms with Crippen LogP contribution in [0, 0.1) is 10.1 Å². The van der Waals surface area contributed by atoms with E-state index in [-0.39, 0.29) is 0 Å². The molecule has 0 spiro atoms. The van der Waals surface area contributed by atoms with Crippen molar-refractivity contribution in [1.29, 1.82) is 0 Å². The number of nitrogens with one attached hydrogen (secondary N) is 1. The molecule has 0 aliphatic heterocycles. The predicted molar refractivity (Wildman–Crippen MR) is 55.6 cm³/mol. The first-order valence-corrected chi connectivity index (χ1v) is 4.72. The summed E-state index contributed by atoms with van der Waals surface area (Å²) >= 11 is 0. The molecule has 6 nitrogen and oxygen atoms in total. The second-order valence-corrected chi connectivity index (χ2v) is 3.19. The SMILES string of the molecule is CCCCCN/C(=N/[N+](=O)[O-])N(C)C. The van der Waals surface area contributed by atoms with Crippen LogP contribution in [0.25, 0.3) is 0 Å². The van der Waals surface area contributed by atoms with Gasteiger partial charge in [-0.25, -0.2) is 10.1 Å². The van der Waals surface area contributed by atoms with Crippen LogP contribution >= 0.6 is 0 Å². The number of hydrogen-bond acceptors (Lipinski definition) is 2. The minimum absolute atomic E-state index is 0.297. The van der Waals surface area contributed by atoms with E-state index >= 15 is 0 Å². The lowest BCUT2D eigenvalue weighted by molar-refractivity contribution is -0.485. The van der Waals surface area contributed by atoms with Gasteiger partial charge in [-0.2, -0.15) is 0 Å². The fourth-order valence-electron chi connectivity index (χ4n) is 0.935. The van der Waals surface area contributed by atoms with E-state index in [0.29, 0.717) is 5.96 Å². The first-order chi connectivity index (χ1) is 6.57. The number of rotatable bonds is 5. The molecule has 0 saturated carbocycles. The van der Waals surface area contributed by atoms with Gasteiger partial charge in [-0.1, -0.05) is 19.8 Å². The van der Waals surface area contributed by atoms with Gasteiger partial charge in [0.2, 0.25) is 0 Å². The third-order valence-corrected chi connectivity index (χ3v) is 1.66. The van der Waals surface area contributed by atoms with Gasteiger partial charge in [0, 0.05) is 20.6 Å². The van der Waals surface area contributed by atoms with Crippen molar-refractivity contribution in [3.63, 3.8) is 0 Å². The van der Waals surface area contributed by atoms with Crippen LogP contribution in [0.4, 0.5) is 0 Å². The van der Waals surface area contributed by atoms with E-state index in [0.717, 1.165) is 25.8 Å². The smallest absolute Gasteiger partial charge is 0.270 e. The number of hydrogen-bond donors (Lipinski definition) is 1. The zero-order valence-electron chi connectivity index (χ0n) is 8.99. The van der Waals surface area contributed by atoms with Crippen molar-refractivity contribution >= 4 is 5.96 Å². The summed E-state index contributed by atoms with van der Waals surface area (Å²) in [5.74, 6) is 0.297. The van der Waals surface area contributed by atoms with Crippen molar-refractivity contribution in [2.24, 2.45) is 5.10 Å². The molecule has 0 fully saturated rings. The van der Waals surface area contributed by atoms with Gasteiger partial charge in [0.25, 0.3) is 5.96 Å². The fraction of sp³-hybridized carbons (Fsp3) is 0.875. The molecule has 0 rings (SSSR count). The average molecular weight is 202 g/mol. The molecule has 0 aliphatic rings. The van der Waals surface area contributed by atoms with Crippen LogP contribution in [-0.4, -0.2) is 36.5 Å². The summed E-state index contributed by atoms with van der Waals surface area (Å²) in [6.07, 6.45) is 3.25. The highest BCUT2D eigenvalue weighted by atomic mass is 16.7. The Kier molecular flexibility index (Phi) is 6.43. The van der Waals surface area contributed by atoms with E-state index in [1.54, 1.807) is 19.0 Å². The third-order valence-electron chi connectivity index (χ3n) is 1.66. The Labute approximate surface area is 84.1 Å². The van der Waals surface area contributed by atoms with Crippen LogP contribution in [0.1, 0.15) is 26.2 Å². The standard InChI is InChI=1S/C8H18N4O2/c1-4-5-6-7-9-8(11(2)3)10-12(13)14/h4-7H2,1-3H3,(H,9,10). The second kappa shape index (κ2) is 7.11. The van der Waals surface area contributed by atoms with Crippen molar-refractivity contribution in [3.05, 3.63) is 10.1 Å². The number of guanidine groups is 1. The van der Waals surface area contributed by atoms with Crippen molar-refractivity contribution in [2.75, 3.05) is 20.6 Å². The molecule has 0 aromatic rings. The predicted octanol–water partition coefficient (Wildman–Crippen LogP) is 0.875. The lowest BCUT2D eigenvalue weighted by Crippen LogP contribution is -2.37. The zero-order valence-corrected chi connectivity index (χ0v) is 8.99. The summed E-state index contributed by atoms with van der Waals surface area (Å²) < 4.78 is 0. The van der Waals surface area contributed by atoms with Gasteiger partial charge in [0.1, 0.15) is 5.10 Å². The van der Waals surface area contributed by atoms with E-state index < -0.39 is 5.03 Å². The highest BCUT2D eigenvalue weighted by Gasteiger charge is 2.05. The summed E-state index contributed by atoms with van der Waals surface area (Å²) in [5.41, 5.74) is 0. The lowest BCUT2D eigenvalue weighted by Gasteiger charge is -2.13. The number of nitro groups is 1. The van der Waals surface area contributed by atoms with Crippen molar-refractivity contribution in [2.45, 2.75) is 26.2 Å². The molecule has 0 aromatic heterocycles. The molecule has 0 bridgehead atoms. The highest BCUT2D eigenvalue weighted by Crippen LogP contribution is 1.91. The number of nitrogens with zero attached hydrogens (tertiary/aromatic N) is 3. The topological polar surface area (TPSA) is 70.8 Å². The molecule has 0 aliphatic carbocycles. The Hall–Kier alpha value is -1.33. The van der Waals surface area contributed by atoms with Crippen LogP contribution in [0.5, 0.6) is 0 Å². The van der Waals surface area contributed by atoms with Crippen LogP contribution in [0.15, 0.2) is 5.10 Å². The maximum absolute atomic E-state index is 10.2. The monoisotopic (exact) mass is 202 g/mol. The van der Waals surface area contributed by atoms with Crippen LogP contribution in [0.2, 0.25) is 0 Å². The van der Waals surface area contributed by atoms with Gasteiger partial charge in [-0.05, 0) is 6.42 Å². The van der Waals surface area contributed by atoms with Gasteiger partial charge >= 0.3 is 0 Å². The molecule has 6 heteroatoms. The first kappa shape index (κ1) is 12.7. The Morgan fingerprint density at radius 2 is 2.14 bits per heavy atom. The molecular weight excluding hydrogens is 184 g/mol. The molecule has 0 aromatic carbocycles. The molecule has 14 heavy (non-hydrogen) atoms. The molecular formula is C8H18N4O2. The van der Waals surface area contributed by atoms with Crippen molar-refractivity contribution < 1.29 is 5.03 Å². The summed E-state index contributed by atoms with van der Waals surface area (Å²) in [5, 5.41) is 15.6. The molecule has 0 saturated heterocycles. The van der Waals surface area contributed by atoms with Crippen molar-refractivity contribution in [1.82, 2.24) is 10.2 Å². The molecule has 0 heterocycles. The molecule has 0 unspecified atom stereocenters. The van der Waals surface area contributed by atoms with E-state index in [4.69, 9.17) is 0 Å². The summed E-state index contributed by atoms with van der Waals surface area (Å²) in [6.45, 7) is 2.83. The minimum Gasteiger partial charge on any atom is -0.351 e. The van der Waals surface area contributed by atoms with Crippen LogP contribution in [0.3, 0.4) is 0 Å². The largest absolute Gasteiger partial charge is 0.351 e. The Balaban J connectivity index is 3.93. The molecule has 1 N–H and O–H groups in total. The number of hydrazone groups is 1. The Morgan fingerprint density at radius 1 is 1.50 bits per heavy atom. The second-order valence-electron chi connectivity index (χ2n) is 3.19. The maximum atomic E-state index is 10.2. The fourth-order valence-corrected chi connectivity index (χ4v) is 0.935. The van der Waals surface area contributed by atoms with E-state index in [2.05, 4.69) is 17.3 Å². The summed E-state index contributed by atoms with van der Waals surface area (Å²) in [6, 6.07) is 0. The van der Waals surface area contributed by atoms with Crippen molar-refractivity contribution in [3.8, 4) is 0 Å². The van der Waals surface area contributed by atoms with E-state index in [1.807, 2.05) is 0 Å². The van der Waals surface area contributed by atoms with Crippen LogP contribution in [-0.2, 0) is 0 Å². The quantitative estimate of drug-likeness (QED) is 0.236. The van der Waals surface area contributed by atoms with Crippen LogP contribution < -0.4 is 5.32 Å². The zero-order chi connectivity index (χ0) is 11.0. The van der Waals surface area contributed by atoms with Gasteiger partial charge in [0.05, 0.1) is 0 Å². The molecule has 0 atom stereocenters. The molecule has 82 valence electrons. The summed E-state index contributed by atoms with van der Waals surface area (Å²) in [7, 11) is 3.43. The van der Waals surface area contributed by atoms with E-state index in [9.17, 15) is 10.1 Å². The number of unbranched alkanes of at least 4 members (excludes halogenated alkanes) is 2. The average Bonchev–Trinajstić information content (AvgIpc) is 2.09. The van der Waals surface area contributed by atoms with Gasteiger partial charge in [-0.15, -0.1) is 0 Å². The van der Waals surface area contributed by atoms with Gasteiger partial charge in [-0.3, -0.25) is 0 Å². The first-order valence-electron chi connectivity index (χ1n) is 4.72. The highest BCUT2D eigenvalue weighted by molar-refractivity contribution is 5.78. The maximum Gasteiger partial charge on any atom is 0.270 e.